The second-order valence-electron chi connectivity index (χ2n) is 4.85. The summed E-state index contributed by atoms with van der Waals surface area (Å²) in [5, 5.41) is 3.48. The zero-order valence-electron chi connectivity index (χ0n) is 11.1. The molecule has 2 nitrogen and oxygen atoms in total. The highest BCUT2D eigenvalue weighted by Crippen LogP contribution is 2.33. The van der Waals surface area contributed by atoms with E-state index in [9.17, 15) is 0 Å². The van der Waals surface area contributed by atoms with Crippen molar-refractivity contribution in [3.05, 3.63) is 29.3 Å². The van der Waals surface area contributed by atoms with E-state index >= 15 is 0 Å². The molecule has 1 aromatic carbocycles. The average molecular weight is 233 g/mol. The number of hydrogen-bond donors (Lipinski definition) is 1. The Morgan fingerprint density at radius 1 is 1.35 bits per heavy atom. The summed E-state index contributed by atoms with van der Waals surface area (Å²) < 4.78 is 5.91. The highest BCUT2D eigenvalue weighted by Gasteiger charge is 2.26. The van der Waals surface area contributed by atoms with Crippen LogP contribution in [0.3, 0.4) is 0 Å². The molecular weight excluding hydrogens is 210 g/mol. The van der Waals surface area contributed by atoms with Crippen molar-refractivity contribution in [2.45, 2.75) is 45.6 Å². The first-order valence-corrected chi connectivity index (χ1v) is 6.74. The van der Waals surface area contributed by atoms with Crippen LogP contribution in [0.25, 0.3) is 0 Å². The molecule has 0 aliphatic carbocycles. The van der Waals surface area contributed by atoms with E-state index in [1.54, 1.807) is 0 Å². The topological polar surface area (TPSA) is 21.3 Å². The molecule has 1 heterocycles. The summed E-state index contributed by atoms with van der Waals surface area (Å²) >= 11 is 0. The number of nitrogens with one attached hydrogen (secondary N) is 1. The lowest BCUT2D eigenvalue weighted by Gasteiger charge is -2.32. The molecule has 1 N–H and O–H groups in total. The fraction of sp³-hybridized carbons (Fsp3) is 0.600. The standard InChI is InChI=1S/C15H23NO/c1-4-8-17-15-10-16-14-7-6-12(5-2)9-13(14)11(15)3/h6-7,9,11,15-16H,4-5,8,10H2,1-3H3. The van der Waals surface area contributed by atoms with E-state index in [2.05, 4.69) is 44.3 Å². The maximum atomic E-state index is 5.91. The zero-order chi connectivity index (χ0) is 12.3. The molecule has 0 radical (unpaired) electrons. The summed E-state index contributed by atoms with van der Waals surface area (Å²) in [6, 6.07) is 6.75. The molecule has 2 rings (SSSR count). The van der Waals surface area contributed by atoms with Crippen LogP contribution in [0.2, 0.25) is 0 Å². The van der Waals surface area contributed by atoms with E-state index < -0.39 is 0 Å². The molecule has 2 heteroatoms. The molecule has 1 aliphatic rings. The lowest BCUT2D eigenvalue weighted by Crippen LogP contribution is -2.33. The first-order chi connectivity index (χ1) is 8.26. The van der Waals surface area contributed by atoms with Crippen LogP contribution in [0.4, 0.5) is 5.69 Å². The van der Waals surface area contributed by atoms with Crippen LogP contribution in [0.15, 0.2) is 18.2 Å². The third-order valence-corrected chi connectivity index (χ3v) is 3.60. The predicted molar refractivity (Wildman–Crippen MR) is 72.8 cm³/mol. The number of hydrogen-bond acceptors (Lipinski definition) is 2. The van der Waals surface area contributed by atoms with E-state index in [0.29, 0.717) is 12.0 Å². The molecule has 2 atom stereocenters. The van der Waals surface area contributed by atoms with E-state index in [1.807, 2.05) is 0 Å². The molecule has 1 aliphatic heterocycles. The molecule has 0 saturated heterocycles. The average Bonchev–Trinajstić information content (AvgIpc) is 2.38. The second-order valence-corrected chi connectivity index (χ2v) is 4.85. The monoisotopic (exact) mass is 233 g/mol. The maximum Gasteiger partial charge on any atom is 0.0813 e. The summed E-state index contributed by atoms with van der Waals surface area (Å²) in [5.74, 6) is 0.490. The number of anilines is 1. The number of fused-ring (bicyclic) bond motifs is 1. The number of ether oxygens (including phenoxy) is 1. The molecule has 0 bridgehead atoms. The summed E-state index contributed by atoms with van der Waals surface area (Å²) in [6.45, 7) is 8.43. The quantitative estimate of drug-likeness (QED) is 0.858. The largest absolute Gasteiger partial charge is 0.382 e. The molecular formula is C15H23NO. The van der Waals surface area contributed by atoms with E-state index in [4.69, 9.17) is 4.74 Å². The van der Waals surface area contributed by atoms with Crippen LogP contribution in [-0.4, -0.2) is 19.3 Å². The van der Waals surface area contributed by atoms with Gasteiger partial charge in [0.25, 0.3) is 0 Å². The van der Waals surface area contributed by atoms with Crippen molar-refractivity contribution in [3.63, 3.8) is 0 Å². The van der Waals surface area contributed by atoms with Gasteiger partial charge in [-0.1, -0.05) is 32.9 Å². The lowest BCUT2D eigenvalue weighted by molar-refractivity contribution is 0.0448. The summed E-state index contributed by atoms with van der Waals surface area (Å²) in [7, 11) is 0. The summed E-state index contributed by atoms with van der Waals surface area (Å²) in [5.41, 5.74) is 4.11. The molecule has 0 aromatic heterocycles. The first kappa shape index (κ1) is 12.4. The zero-order valence-corrected chi connectivity index (χ0v) is 11.1. The molecule has 0 spiro atoms. The second kappa shape index (κ2) is 5.54. The van der Waals surface area contributed by atoms with Gasteiger partial charge in [0.2, 0.25) is 0 Å². The minimum Gasteiger partial charge on any atom is -0.382 e. The SMILES string of the molecule is CCCOC1CNc2ccc(CC)cc2C1C. The molecule has 17 heavy (non-hydrogen) atoms. The van der Waals surface area contributed by atoms with E-state index in [1.165, 1.54) is 16.8 Å². The Morgan fingerprint density at radius 3 is 2.88 bits per heavy atom. The Hall–Kier alpha value is -1.02. The highest BCUT2D eigenvalue weighted by atomic mass is 16.5. The molecule has 2 unspecified atom stereocenters. The maximum absolute atomic E-state index is 5.91. The number of rotatable bonds is 4. The van der Waals surface area contributed by atoms with Crippen molar-refractivity contribution in [2.24, 2.45) is 0 Å². The Morgan fingerprint density at radius 2 is 2.18 bits per heavy atom. The van der Waals surface area contributed by atoms with Gasteiger partial charge in [-0.25, -0.2) is 0 Å². The molecule has 0 saturated carbocycles. The Kier molecular flexibility index (Phi) is 4.06. The van der Waals surface area contributed by atoms with Gasteiger partial charge >= 0.3 is 0 Å². The van der Waals surface area contributed by atoms with Crippen molar-refractivity contribution < 1.29 is 4.74 Å². The van der Waals surface area contributed by atoms with Crippen LogP contribution in [-0.2, 0) is 11.2 Å². The van der Waals surface area contributed by atoms with Gasteiger partial charge in [0, 0.05) is 24.8 Å². The van der Waals surface area contributed by atoms with Crippen molar-refractivity contribution in [1.29, 1.82) is 0 Å². The fourth-order valence-electron chi connectivity index (χ4n) is 2.43. The Bertz CT molecular complexity index is 375. The first-order valence-electron chi connectivity index (χ1n) is 6.74. The molecule has 94 valence electrons. The van der Waals surface area contributed by atoms with Crippen LogP contribution in [0.5, 0.6) is 0 Å². The van der Waals surface area contributed by atoms with Gasteiger partial charge in [-0.05, 0) is 30.0 Å². The third kappa shape index (κ3) is 2.63. The fourth-order valence-corrected chi connectivity index (χ4v) is 2.43. The number of aryl methyl sites for hydroxylation is 1. The minimum absolute atomic E-state index is 0.314. The Balaban J connectivity index is 2.18. The normalized spacial score (nSPS) is 23.0. The van der Waals surface area contributed by atoms with Crippen LogP contribution in [0, 0.1) is 0 Å². The molecule has 0 amide bonds. The minimum atomic E-state index is 0.314. The van der Waals surface area contributed by atoms with Gasteiger partial charge in [-0.2, -0.15) is 0 Å². The van der Waals surface area contributed by atoms with Gasteiger partial charge in [0.1, 0.15) is 0 Å². The van der Waals surface area contributed by atoms with Gasteiger partial charge in [-0.3, -0.25) is 0 Å². The molecule has 0 fully saturated rings. The van der Waals surface area contributed by atoms with Gasteiger partial charge in [0.15, 0.2) is 0 Å². The summed E-state index contributed by atoms with van der Waals surface area (Å²) in [4.78, 5) is 0. The van der Waals surface area contributed by atoms with Gasteiger partial charge in [-0.15, -0.1) is 0 Å². The molecule has 1 aromatic rings. The van der Waals surface area contributed by atoms with Crippen LogP contribution in [0.1, 0.15) is 44.2 Å². The third-order valence-electron chi connectivity index (χ3n) is 3.60. The van der Waals surface area contributed by atoms with Gasteiger partial charge < -0.3 is 10.1 Å². The van der Waals surface area contributed by atoms with E-state index in [-0.39, 0.29) is 0 Å². The lowest BCUT2D eigenvalue weighted by atomic mass is 9.88. The Labute approximate surface area is 104 Å². The van der Waals surface area contributed by atoms with E-state index in [0.717, 1.165) is 26.0 Å². The van der Waals surface area contributed by atoms with Gasteiger partial charge in [0.05, 0.1) is 6.10 Å². The van der Waals surface area contributed by atoms with Crippen molar-refractivity contribution in [2.75, 3.05) is 18.5 Å². The van der Waals surface area contributed by atoms with Crippen molar-refractivity contribution >= 4 is 5.69 Å². The van der Waals surface area contributed by atoms with Crippen molar-refractivity contribution in [1.82, 2.24) is 0 Å². The van der Waals surface area contributed by atoms with Crippen LogP contribution >= 0.6 is 0 Å². The highest BCUT2D eigenvalue weighted by molar-refractivity contribution is 5.56. The summed E-state index contributed by atoms with van der Waals surface area (Å²) in [6.07, 6.45) is 2.50. The predicted octanol–water partition coefficient (Wildman–Crippen LogP) is 3.57. The number of benzene rings is 1. The smallest absolute Gasteiger partial charge is 0.0813 e. The van der Waals surface area contributed by atoms with Crippen molar-refractivity contribution in [3.8, 4) is 0 Å². The van der Waals surface area contributed by atoms with Crippen LogP contribution < -0.4 is 5.32 Å².